The summed E-state index contributed by atoms with van der Waals surface area (Å²) in [4.78, 5) is 1.45. The minimum atomic E-state index is 0.621. The molecule has 0 radical (unpaired) electrons. The van der Waals surface area contributed by atoms with Gasteiger partial charge in [-0.15, -0.1) is 11.3 Å². The Balaban J connectivity index is 2.50. The molecule has 0 saturated heterocycles. The lowest BCUT2D eigenvalue weighted by Crippen LogP contribution is -2.25. The monoisotopic (exact) mass is 247 g/mol. The first-order valence-electron chi connectivity index (χ1n) is 4.16. The van der Waals surface area contributed by atoms with Gasteiger partial charge < -0.3 is 5.32 Å². The summed E-state index contributed by atoms with van der Waals surface area (Å²) in [5.74, 6) is 0. The van der Waals surface area contributed by atoms with E-state index in [9.17, 15) is 0 Å². The van der Waals surface area contributed by atoms with E-state index in [4.69, 9.17) is 0 Å². The van der Waals surface area contributed by atoms with Gasteiger partial charge in [0.1, 0.15) is 0 Å². The fraction of sp³-hybridized carbons (Fsp3) is 0.556. The number of likely N-dealkylation sites (N-methyl/N-ethyl adjacent to an activating group) is 1. The number of hydrogen-bond acceptors (Lipinski definition) is 2. The van der Waals surface area contributed by atoms with E-state index >= 15 is 0 Å². The summed E-state index contributed by atoms with van der Waals surface area (Å²) in [6.45, 7) is 2.21. The van der Waals surface area contributed by atoms with Gasteiger partial charge in [-0.3, -0.25) is 0 Å². The number of rotatable bonds is 4. The van der Waals surface area contributed by atoms with Gasteiger partial charge in [0.05, 0.1) is 0 Å². The van der Waals surface area contributed by atoms with Gasteiger partial charge in [0.2, 0.25) is 0 Å². The third-order valence-corrected chi connectivity index (χ3v) is 3.69. The van der Waals surface area contributed by atoms with Gasteiger partial charge in [0.15, 0.2) is 0 Å². The van der Waals surface area contributed by atoms with Crippen molar-refractivity contribution in [2.45, 2.75) is 25.8 Å². The van der Waals surface area contributed by atoms with Gasteiger partial charge in [0.25, 0.3) is 0 Å². The fourth-order valence-corrected chi connectivity index (χ4v) is 2.69. The zero-order chi connectivity index (χ0) is 8.97. The van der Waals surface area contributed by atoms with Gasteiger partial charge in [-0.25, -0.2) is 0 Å². The van der Waals surface area contributed by atoms with E-state index in [0.29, 0.717) is 6.04 Å². The van der Waals surface area contributed by atoms with Crippen LogP contribution in [0, 0.1) is 0 Å². The second kappa shape index (κ2) is 5.00. The van der Waals surface area contributed by atoms with Gasteiger partial charge in [-0.1, -0.05) is 6.92 Å². The molecular weight excluding hydrogens is 234 g/mol. The Hall–Kier alpha value is 0.140. The molecular formula is C9H14BrNS. The number of nitrogens with one attached hydrogen (secondary N) is 1. The molecule has 0 bridgehead atoms. The first kappa shape index (κ1) is 10.2. The average molecular weight is 248 g/mol. The second-order valence-corrected chi connectivity index (χ2v) is 4.74. The lowest BCUT2D eigenvalue weighted by molar-refractivity contribution is 0.547. The highest BCUT2D eigenvalue weighted by atomic mass is 79.9. The van der Waals surface area contributed by atoms with Crippen LogP contribution in [0.3, 0.4) is 0 Å². The number of thiophene rings is 1. The molecule has 0 spiro atoms. The summed E-state index contributed by atoms with van der Waals surface area (Å²) >= 11 is 5.28. The van der Waals surface area contributed by atoms with Crippen LogP contribution in [-0.4, -0.2) is 13.1 Å². The van der Waals surface area contributed by atoms with Crippen molar-refractivity contribution in [1.29, 1.82) is 0 Å². The third-order valence-electron chi connectivity index (χ3n) is 1.97. The average Bonchev–Trinajstić information content (AvgIpc) is 2.47. The summed E-state index contributed by atoms with van der Waals surface area (Å²) in [5.41, 5.74) is 0. The van der Waals surface area contributed by atoms with Crippen molar-refractivity contribution < 1.29 is 0 Å². The maximum absolute atomic E-state index is 3.46. The Morgan fingerprint density at radius 1 is 1.67 bits per heavy atom. The fourth-order valence-electron chi connectivity index (χ4n) is 1.15. The number of halogens is 1. The molecule has 0 fully saturated rings. The molecule has 0 aliphatic heterocycles. The highest BCUT2D eigenvalue weighted by Gasteiger charge is 2.05. The summed E-state index contributed by atoms with van der Waals surface area (Å²) in [6, 6.07) is 2.82. The highest BCUT2D eigenvalue weighted by molar-refractivity contribution is 9.10. The van der Waals surface area contributed by atoms with E-state index < -0.39 is 0 Å². The Bertz CT molecular complexity index is 230. The molecule has 0 saturated carbocycles. The molecule has 1 atom stereocenters. The van der Waals surface area contributed by atoms with Crippen LogP contribution in [0.1, 0.15) is 18.2 Å². The van der Waals surface area contributed by atoms with E-state index in [0.717, 1.165) is 6.42 Å². The van der Waals surface area contributed by atoms with Gasteiger partial charge in [-0.2, -0.15) is 0 Å². The molecule has 0 aliphatic rings. The Morgan fingerprint density at radius 2 is 2.42 bits per heavy atom. The van der Waals surface area contributed by atoms with Crippen LogP contribution < -0.4 is 5.32 Å². The van der Waals surface area contributed by atoms with Crippen LogP contribution in [0.2, 0.25) is 0 Å². The van der Waals surface area contributed by atoms with E-state index in [1.165, 1.54) is 15.8 Å². The quantitative estimate of drug-likeness (QED) is 0.863. The minimum Gasteiger partial charge on any atom is -0.317 e. The summed E-state index contributed by atoms with van der Waals surface area (Å²) in [5, 5.41) is 5.44. The maximum Gasteiger partial charge on any atom is 0.0285 e. The van der Waals surface area contributed by atoms with Crippen molar-refractivity contribution in [2.24, 2.45) is 0 Å². The van der Waals surface area contributed by atoms with Crippen molar-refractivity contribution in [1.82, 2.24) is 5.32 Å². The molecule has 1 heterocycles. The Labute approximate surface area is 86.3 Å². The van der Waals surface area contributed by atoms with Crippen LogP contribution in [-0.2, 0) is 6.42 Å². The molecule has 1 nitrogen and oxygen atoms in total. The highest BCUT2D eigenvalue weighted by Crippen LogP contribution is 2.21. The molecule has 0 aromatic carbocycles. The van der Waals surface area contributed by atoms with Gasteiger partial charge in [-0.05, 0) is 41.9 Å². The topological polar surface area (TPSA) is 12.0 Å². The first-order chi connectivity index (χ1) is 5.76. The maximum atomic E-state index is 3.46. The minimum absolute atomic E-state index is 0.621. The Morgan fingerprint density at radius 3 is 2.83 bits per heavy atom. The zero-order valence-electron chi connectivity index (χ0n) is 7.43. The van der Waals surface area contributed by atoms with E-state index in [1.54, 1.807) is 0 Å². The molecule has 12 heavy (non-hydrogen) atoms. The van der Waals surface area contributed by atoms with Crippen molar-refractivity contribution in [2.75, 3.05) is 7.05 Å². The summed E-state index contributed by atoms with van der Waals surface area (Å²) in [6.07, 6.45) is 2.33. The second-order valence-electron chi connectivity index (χ2n) is 2.83. The van der Waals surface area contributed by atoms with Crippen molar-refractivity contribution in [3.05, 3.63) is 20.8 Å². The molecule has 1 rings (SSSR count). The zero-order valence-corrected chi connectivity index (χ0v) is 9.83. The molecule has 3 heteroatoms. The summed E-state index contributed by atoms with van der Waals surface area (Å²) in [7, 11) is 2.02. The third kappa shape index (κ3) is 2.88. The Kier molecular flexibility index (Phi) is 4.26. The van der Waals surface area contributed by atoms with Gasteiger partial charge in [0, 0.05) is 20.8 Å². The molecule has 1 aromatic heterocycles. The molecule has 1 unspecified atom stereocenters. The normalized spacial score (nSPS) is 13.2. The summed E-state index contributed by atoms with van der Waals surface area (Å²) < 4.78 is 1.20. The van der Waals surface area contributed by atoms with Gasteiger partial charge >= 0.3 is 0 Å². The van der Waals surface area contributed by atoms with E-state index in [2.05, 4.69) is 39.6 Å². The first-order valence-corrected chi connectivity index (χ1v) is 5.83. The van der Waals surface area contributed by atoms with Crippen LogP contribution in [0.4, 0.5) is 0 Å². The predicted octanol–water partition coefficient (Wildman–Crippen LogP) is 3.05. The van der Waals surface area contributed by atoms with E-state index in [-0.39, 0.29) is 0 Å². The van der Waals surface area contributed by atoms with Crippen LogP contribution in [0.15, 0.2) is 15.9 Å². The lowest BCUT2D eigenvalue weighted by Gasteiger charge is -2.11. The van der Waals surface area contributed by atoms with Crippen molar-refractivity contribution in [3.8, 4) is 0 Å². The molecule has 68 valence electrons. The van der Waals surface area contributed by atoms with Crippen molar-refractivity contribution in [3.63, 3.8) is 0 Å². The molecule has 0 amide bonds. The van der Waals surface area contributed by atoms with Crippen LogP contribution in [0.5, 0.6) is 0 Å². The molecule has 1 N–H and O–H groups in total. The standard InChI is InChI=1S/C9H14BrNS/c1-3-8(11-2)5-9-4-7(10)6-12-9/h4,6,8,11H,3,5H2,1-2H3. The van der Waals surface area contributed by atoms with E-state index in [1.807, 2.05) is 18.4 Å². The largest absolute Gasteiger partial charge is 0.317 e. The number of hydrogen-bond donors (Lipinski definition) is 1. The van der Waals surface area contributed by atoms with Crippen molar-refractivity contribution >= 4 is 27.3 Å². The smallest absolute Gasteiger partial charge is 0.0285 e. The predicted molar refractivity (Wildman–Crippen MR) is 58.9 cm³/mol. The van der Waals surface area contributed by atoms with Crippen LogP contribution in [0.25, 0.3) is 0 Å². The van der Waals surface area contributed by atoms with Crippen LogP contribution >= 0.6 is 27.3 Å². The molecule has 1 aromatic rings. The lowest BCUT2D eigenvalue weighted by atomic mass is 10.1. The SMILES string of the molecule is CCC(Cc1cc(Br)cs1)NC. The molecule has 0 aliphatic carbocycles.